The van der Waals surface area contributed by atoms with Gasteiger partial charge in [-0.05, 0) is 12.8 Å². The number of carbonyl (C=O) groups is 1. The van der Waals surface area contributed by atoms with Crippen LogP contribution in [0.5, 0.6) is 5.75 Å². The van der Waals surface area contributed by atoms with Crippen LogP contribution in [-0.4, -0.2) is 30.1 Å². The van der Waals surface area contributed by atoms with Crippen LogP contribution in [-0.2, 0) is 11.3 Å². The lowest BCUT2D eigenvalue weighted by molar-refractivity contribution is -0.122. The second-order valence-electron chi connectivity index (χ2n) is 7.21. The molecule has 0 aromatic heterocycles. The first-order chi connectivity index (χ1) is 14.2. The number of ether oxygens (including phenoxy) is 1. The molecule has 0 saturated carbocycles. The quantitative estimate of drug-likeness (QED) is 0.312. The van der Waals surface area contributed by atoms with Gasteiger partial charge in [-0.3, -0.25) is 4.79 Å². The molecule has 2 rings (SSSR count). The maximum atomic E-state index is 14.3. The molecule has 1 unspecified atom stereocenters. The molecule has 10 heteroatoms. The highest BCUT2D eigenvalue weighted by Gasteiger charge is 2.39. The molecular formula is C20H26ClF4N3O2. The van der Waals surface area contributed by atoms with E-state index in [9.17, 15) is 22.4 Å². The van der Waals surface area contributed by atoms with Gasteiger partial charge in [0.2, 0.25) is 17.5 Å². The number of nitrogens with zero attached hydrogens (tertiary/aromatic N) is 1. The molecule has 1 heterocycles. The second kappa shape index (κ2) is 10.3. The zero-order valence-corrected chi connectivity index (χ0v) is 17.9. The van der Waals surface area contributed by atoms with Crippen molar-refractivity contribution in [1.82, 2.24) is 15.8 Å². The van der Waals surface area contributed by atoms with Crippen LogP contribution >= 0.6 is 11.6 Å². The van der Waals surface area contributed by atoms with Crippen molar-refractivity contribution < 1.29 is 27.1 Å². The summed E-state index contributed by atoms with van der Waals surface area (Å²) in [5.41, 5.74) is 1.27. The van der Waals surface area contributed by atoms with E-state index in [-0.39, 0.29) is 13.0 Å². The molecule has 5 nitrogen and oxygen atoms in total. The van der Waals surface area contributed by atoms with Gasteiger partial charge >= 0.3 is 0 Å². The van der Waals surface area contributed by atoms with E-state index >= 15 is 0 Å². The fraction of sp³-hybridized carbons (Fsp3) is 0.550. The molecule has 1 aromatic carbocycles. The average molecular weight is 452 g/mol. The maximum absolute atomic E-state index is 14.3. The van der Waals surface area contributed by atoms with Crippen LogP contribution < -0.4 is 15.5 Å². The molecule has 1 aliphatic rings. The van der Waals surface area contributed by atoms with E-state index in [1.807, 2.05) is 13.8 Å². The number of hydrogen-bond donors (Lipinski definition) is 2. The molecule has 0 aliphatic carbocycles. The van der Waals surface area contributed by atoms with Crippen LogP contribution in [0.15, 0.2) is 11.2 Å². The van der Waals surface area contributed by atoms with Crippen molar-refractivity contribution in [1.29, 1.82) is 0 Å². The first-order valence-corrected chi connectivity index (χ1v) is 10.2. The van der Waals surface area contributed by atoms with E-state index in [0.717, 1.165) is 12.8 Å². The monoisotopic (exact) mass is 451 g/mol. The third-order valence-corrected chi connectivity index (χ3v) is 5.45. The highest BCUT2D eigenvalue weighted by atomic mass is 35.5. The minimum absolute atomic E-state index is 0.0640. The standard InChI is InChI=1S/C20H26ClF4N3O2/c1-4-6-7-8-30-19-17(24)15(22)12(16(23)18(19)25)10-26-14(29)9-20(5-2)13(21)11-28(3)27-20/h11,27H,4-10H2,1-3H3,(H,26,29). The molecule has 2 N–H and O–H groups in total. The molecular weight excluding hydrogens is 426 g/mol. The van der Waals surface area contributed by atoms with E-state index in [1.165, 1.54) is 0 Å². The predicted octanol–water partition coefficient (Wildman–Crippen LogP) is 4.50. The third-order valence-electron chi connectivity index (χ3n) is 4.99. The van der Waals surface area contributed by atoms with Crippen molar-refractivity contribution in [2.75, 3.05) is 13.7 Å². The van der Waals surface area contributed by atoms with Gasteiger partial charge in [0, 0.05) is 25.4 Å². The van der Waals surface area contributed by atoms with E-state index in [1.54, 1.807) is 18.3 Å². The maximum Gasteiger partial charge on any atom is 0.222 e. The number of hydrogen-bond acceptors (Lipinski definition) is 4. The number of hydrazine groups is 1. The van der Waals surface area contributed by atoms with Gasteiger partial charge in [0.05, 0.1) is 23.6 Å². The molecule has 0 radical (unpaired) electrons. The topological polar surface area (TPSA) is 53.6 Å². The third kappa shape index (κ3) is 5.18. The molecule has 0 bridgehead atoms. The van der Waals surface area contributed by atoms with Crippen molar-refractivity contribution in [2.45, 2.75) is 58.0 Å². The van der Waals surface area contributed by atoms with Crippen molar-refractivity contribution >= 4 is 17.5 Å². The zero-order valence-electron chi connectivity index (χ0n) is 17.2. The second-order valence-corrected chi connectivity index (χ2v) is 7.62. The van der Waals surface area contributed by atoms with Gasteiger partial charge in [-0.25, -0.2) is 14.2 Å². The first-order valence-electron chi connectivity index (χ1n) is 9.79. The van der Waals surface area contributed by atoms with E-state index in [0.29, 0.717) is 17.9 Å². The summed E-state index contributed by atoms with van der Waals surface area (Å²) < 4.78 is 62.0. The minimum Gasteiger partial charge on any atom is -0.487 e. The van der Waals surface area contributed by atoms with E-state index in [2.05, 4.69) is 10.7 Å². The van der Waals surface area contributed by atoms with Crippen LogP contribution in [0.1, 0.15) is 51.5 Å². The number of benzene rings is 1. The summed E-state index contributed by atoms with van der Waals surface area (Å²) in [5.74, 6) is -8.11. The van der Waals surface area contributed by atoms with Crippen molar-refractivity contribution in [3.63, 3.8) is 0 Å². The number of halogens is 5. The summed E-state index contributed by atoms with van der Waals surface area (Å²) in [6.07, 6.45) is 4.05. The number of nitrogens with one attached hydrogen (secondary N) is 2. The molecule has 1 aliphatic heterocycles. The largest absolute Gasteiger partial charge is 0.487 e. The highest BCUT2D eigenvalue weighted by molar-refractivity contribution is 6.31. The molecule has 168 valence electrons. The van der Waals surface area contributed by atoms with Crippen LogP contribution in [0.25, 0.3) is 0 Å². The summed E-state index contributed by atoms with van der Waals surface area (Å²) >= 11 is 6.21. The molecule has 0 spiro atoms. The zero-order chi connectivity index (χ0) is 22.5. The molecule has 0 saturated heterocycles. The van der Waals surface area contributed by atoms with Crippen molar-refractivity contribution in [2.24, 2.45) is 0 Å². The van der Waals surface area contributed by atoms with Crippen molar-refractivity contribution in [3.8, 4) is 5.75 Å². The Hall–Kier alpha value is -2.00. The highest BCUT2D eigenvalue weighted by Crippen LogP contribution is 2.33. The van der Waals surface area contributed by atoms with Gasteiger partial charge in [-0.15, -0.1) is 0 Å². The Bertz CT molecular complexity index is 793. The molecule has 1 atom stereocenters. The van der Waals surface area contributed by atoms with Crippen LogP contribution in [0.2, 0.25) is 0 Å². The Labute approximate surface area is 178 Å². The normalized spacial score (nSPS) is 18.5. The average Bonchev–Trinajstić information content (AvgIpc) is 2.99. The van der Waals surface area contributed by atoms with Gasteiger partial charge in [-0.1, -0.05) is 38.3 Å². The number of rotatable bonds is 10. The fourth-order valence-corrected chi connectivity index (χ4v) is 3.59. The van der Waals surface area contributed by atoms with Crippen LogP contribution in [0, 0.1) is 23.3 Å². The Morgan fingerprint density at radius 3 is 2.30 bits per heavy atom. The lowest BCUT2D eigenvalue weighted by atomic mass is 9.92. The van der Waals surface area contributed by atoms with Gasteiger partial charge < -0.3 is 15.1 Å². The van der Waals surface area contributed by atoms with Gasteiger partial charge in [0.25, 0.3) is 0 Å². The summed E-state index contributed by atoms with van der Waals surface area (Å²) in [5, 5.41) is 4.30. The van der Waals surface area contributed by atoms with Crippen LogP contribution in [0.4, 0.5) is 17.6 Å². The summed E-state index contributed by atoms with van der Waals surface area (Å²) in [4.78, 5) is 12.3. The van der Waals surface area contributed by atoms with Gasteiger partial charge in [0.15, 0.2) is 17.4 Å². The Morgan fingerprint density at radius 1 is 1.17 bits per heavy atom. The first kappa shape index (κ1) is 24.3. The van der Waals surface area contributed by atoms with E-state index < -0.39 is 52.6 Å². The predicted molar refractivity (Wildman–Crippen MR) is 106 cm³/mol. The van der Waals surface area contributed by atoms with Crippen molar-refractivity contribution in [3.05, 3.63) is 40.1 Å². The van der Waals surface area contributed by atoms with Gasteiger partial charge in [0.1, 0.15) is 0 Å². The Kier molecular flexibility index (Phi) is 8.37. The number of carbonyl (C=O) groups excluding carboxylic acids is 1. The lowest BCUT2D eigenvalue weighted by Gasteiger charge is -2.29. The molecule has 1 aromatic rings. The van der Waals surface area contributed by atoms with Gasteiger partial charge in [-0.2, -0.15) is 8.78 Å². The Morgan fingerprint density at radius 2 is 1.80 bits per heavy atom. The Balaban J connectivity index is 2.10. The van der Waals surface area contributed by atoms with E-state index in [4.69, 9.17) is 16.3 Å². The summed E-state index contributed by atoms with van der Waals surface area (Å²) in [6.45, 7) is 2.96. The smallest absolute Gasteiger partial charge is 0.222 e. The molecule has 1 amide bonds. The molecule has 30 heavy (non-hydrogen) atoms. The summed E-state index contributed by atoms with van der Waals surface area (Å²) in [7, 11) is 1.71. The summed E-state index contributed by atoms with van der Waals surface area (Å²) in [6, 6.07) is 0. The minimum atomic E-state index is -1.62. The lowest BCUT2D eigenvalue weighted by Crippen LogP contribution is -2.49. The molecule has 0 fully saturated rings. The van der Waals surface area contributed by atoms with Crippen LogP contribution in [0.3, 0.4) is 0 Å². The fourth-order valence-electron chi connectivity index (χ4n) is 3.20. The SMILES string of the molecule is CCCCCOc1c(F)c(F)c(CNC(=O)CC2(CC)NN(C)C=C2Cl)c(F)c1F. The number of amides is 1. The number of unbranched alkanes of at least 4 members (excludes halogenated alkanes) is 2.